The zero-order valence-electron chi connectivity index (χ0n) is 17.5. The third kappa shape index (κ3) is 3.62. The Morgan fingerprint density at radius 2 is 1.84 bits per heavy atom. The van der Waals surface area contributed by atoms with Crippen LogP contribution in [0.25, 0.3) is 28.2 Å². The minimum Gasteiger partial charge on any atom is -0.494 e. The maximum atomic E-state index is 12.9. The molecule has 0 radical (unpaired) electrons. The van der Waals surface area contributed by atoms with Gasteiger partial charge in [0.2, 0.25) is 11.7 Å². The van der Waals surface area contributed by atoms with Crippen LogP contribution in [-0.2, 0) is 6.54 Å². The standard InChI is InChI=1S/C22H19N7O3/c1-3-31-17-10-8-16(9-11-17)29-21-19(25-27-29)22(30)28(13-23-21)12-18-24-20(26-32-18)15-6-4-14(2)5-7-15/h4-11,13H,3,12H2,1-2H3. The Hall–Kier alpha value is -4.34. The van der Waals surface area contributed by atoms with Gasteiger partial charge in [0.1, 0.15) is 18.6 Å². The number of benzene rings is 2. The molecule has 3 aromatic heterocycles. The minimum absolute atomic E-state index is 0.0799. The van der Waals surface area contributed by atoms with Gasteiger partial charge in [0.15, 0.2) is 11.2 Å². The molecule has 0 saturated heterocycles. The Balaban J connectivity index is 1.42. The Bertz CT molecular complexity index is 1430. The van der Waals surface area contributed by atoms with Gasteiger partial charge in [-0.05, 0) is 38.1 Å². The molecule has 0 fully saturated rings. The maximum absolute atomic E-state index is 12.9. The second-order valence-electron chi connectivity index (χ2n) is 7.16. The van der Waals surface area contributed by atoms with Gasteiger partial charge in [-0.1, -0.05) is 40.2 Å². The number of rotatable bonds is 6. The quantitative estimate of drug-likeness (QED) is 0.405. The van der Waals surface area contributed by atoms with E-state index in [1.165, 1.54) is 15.6 Å². The monoisotopic (exact) mass is 429 g/mol. The molecule has 5 aromatic rings. The van der Waals surface area contributed by atoms with E-state index >= 15 is 0 Å². The summed E-state index contributed by atoms with van der Waals surface area (Å²) in [6.07, 6.45) is 1.43. The van der Waals surface area contributed by atoms with Crippen molar-refractivity contribution in [3.8, 4) is 22.8 Å². The van der Waals surface area contributed by atoms with Gasteiger partial charge in [0.05, 0.1) is 12.3 Å². The highest BCUT2D eigenvalue weighted by Crippen LogP contribution is 2.18. The van der Waals surface area contributed by atoms with Crippen molar-refractivity contribution < 1.29 is 9.26 Å². The van der Waals surface area contributed by atoms with E-state index in [4.69, 9.17) is 9.26 Å². The summed E-state index contributed by atoms with van der Waals surface area (Å²) in [5, 5.41) is 12.1. The summed E-state index contributed by atoms with van der Waals surface area (Å²) in [5.41, 5.74) is 2.87. The zero-order valence-corrected chi connectivity index (χ0v) is 17.5. The van der Waals surface area contributed by atoms with Crippen LogP contribution in [0.4, 0.5) is 0 Å². The molecule has 0 atom stereocenters. The first kappa shape index (κ1) is 19.6. The summed E-state index contributed by atoms with van der Waals surface area (Å²) in [6.45, 7) is 4.59. The fourth-order valence-corrected chi connectivity index (χ4v) is 3.27. The van der Waals surface area contributed by atoms with Gasteiger partial charge in [0.25, 0.3) is 5.56 Å². The lowest BCUT2D eigenvalue weighted by Crippen LogP contribution is -2.21. The smallest absolute Gasteiger partial charge is 0.284 e. The van der Waals surface area contributed by atoms with Crippen molar-refractivity contribution in [1.29, 1.82) is 0 Å². The number of hydrogen-bond acceptors (Lipinski definition) is 8. The molecule has 0 aliphatic heterocycles. The molecule has 10 nitrogen and oxygen atoms in total. The summed E-state index contributed by atoms with van der Waals surface area (Å²) in [4.78, 5) is 21.7. The van der Waals surface area contributed by atoms with Crippen molar-refractivity contribution in [2.75, 3.05) is 6.61 Å². The highest BCUT2D eigenvalue weighted by Gasteiger charge is 2.16. The summed E-state index contributed by atoms with van der Waals surface area (Å²) in [5.74, 6) is 1.51. The summed E-state index contributed by atoms with van der Waals surface area (Å²) in [7, 11) is 0. The predicted octanol–water partition coefficient (Wildman–Crippen LogP) is 2.78. The number of aromatic nitrogens is 7. The molecule has 0 aliphatic carbocycles. The largest absolute Gasteiger partial charge is 0.494 e. The van der Waals surface area contributed by atoms with Gasteiger partial charge in [-0.15, -0.1) is 5.10 Å². The first-order valence-corrected chi connectivity index (χ1v) is 10.1. The van der Waals surface area contributed by atoms with Gasteiger partial charge < -0.3 is 9.26 Å². The van der Waals surface area contributed by atoms with E-state index in [9.17, 15) is 4.79 Å². The van der Waals surface area contributed by atoms with E-state index in [-0.39, 0.29) is 17.6 Å². The van der Waals surface area contributed by atoms with Gasteiger partial charge in [-0.3, -0.25) is 9.36 Å². The van der Waals surface area contributed by atoms with Crippen LogP contribution in [0, 0.1) is 6.92 Å². The van der Waals surface area contributed by atoms with Crippen molar-refractivity contribution in [2.45, 2.75) is 20.4 Å². The van der Waals surface area contributed by atoms with Crippen LogP contribution in [0.1, 0.15) is 18.4 Å². The first-order chi connectivity index (χ1) is 15.6. The van der Waals surface area contributed by atoms with Gasteiger partial charge >= 0.3 is 0 Å². The van der Waals surface area contributed by atoms with Crippen LogP contribution in [0.2, 0.25) is 0 Å². The lowest BCUT2D eigenvalue weighted by Gasteiger charge is -2.05. The molecule has 0 N–H and O–H groups in total. The van der Waals surface area contributed by atoms with E-state index in [1.54, 1.807) is 0 Å². The van der Waals surface area contributed by atoms with E-state index in [0.717, 1.165) is 22.6 Å². The van der Waals surface area contributed by atoms with Crippen LogP contribution in [0.3, 0.4) is 0 Å². The maximum Gasteiger partial charge on any atom is 0.284 e. The number of fused-ring (bicyclic) bond motifs is 1. The summed E-state index contributed by atoms with van der Waals surface area (Å²) >= 11 is 0. The van der Waals surface area contributed by atoms with E-state index in [2.05, 4.69) is 25.4 Å². The molecule has 32 heavy (non-hydrogen) atoms. The van der Waals surface area contributed by atoms with Gasteiger partial charge in [0, 0.05) is 5.56 Å². The van der Waals surface area contributed by atoms with Crippen molar-refractivity contribution in [3.05, 3.63) is 76.7 Å². The summed E-state index contributed by atoms with van der Waals surface area (Å²) in [6, 6.07) is 15.1. The number of aryl methyl sites for hydroxylation is 1. The molecule has 0 unspecified atom stereocenters. The van der Waals surface area contributed by atoms with Crippen LogP contribution >= 0.6 is 0 Å². The van der Waals surface area contributed by atoms with Crippen LogP contribution in [0.15, 0.2) is 64.2 Å². The molecule has 0 aliphatic rings. The lowest BCUT2D eigenvalue weighted by molar-refractivity contribution is 0.340. The van der Waals surface area contributed by atoms with Crippen molar-refractivity contribution >= 4 is 11.2 Å². The molecule has 0 spiro atoms. The Labute approximate surface area is 182 Å². The second kappa shape index (κ2) is 8.06. The number of hydrogen-bond donors (Lipinski definition) is 0. The third-order valence-corrected chi connectivity index (χ3v) is 4.91. The molecule has 3 heterocycles. The Morgan fingerprint density at radius 3 is 2.59 bits per heavy atom. The van der Waals surface area contributed by atoms with Crippen molar-refractivity contribution in [1.82, 2.24) is 34.7 Å². The third-order valence-electron chi connectivity index (χ3n) is 4.91. The molecule has 0 saturated carbocycles. The second-order valence-corrected chi connectivity index (χ2v) is 7.16. The molecule has 160 valence electrons. The predicted molar refractivity (Wildman–Crippen MR) is 116 cm³/mol. The highest BCUT2D eigenvalue weighted by atomic mass is 16.5. The lowest BCUT2D eigenvalue weighted by atomic mass is 10.1. The van der Waals surface area contributed by atoms with E-state index in [1.807, 2.05) is 62.4 Å². The van der Waals surface area contributed by atoms with Gasteiger partial charge in [-0.2, -0.15) is 9.67 Å². The highest BCUT2D eigenvalue weighted by molar-refractivity contribution is 5.70. The zero-order chi connectivity index (χ0) is 22.1. The Kier molecular flexibility index (Phi) is 4.94. The normalized spacial score (nSPS) is 11.2. The average molecular weight is 429 g/mol. The van der Waals surface area contributed by atoms with E-state index in [0.29, 0.717) is 24.0 Å². The Morgan fingerprint density at radius 1 is 1.06 bits per heavy atom. The topological polar surface area (TPSA) is 114 Å². The van der Waals surface area contributed by atoms with Crippen molar-refractivity contribution in [2.24, 2.45) is 0 Å². The number of ether oxygens (including phenoxy) is 1. The number of nitrogens with zero attached hydrogens (tertiary/aromatic N) is 7. The SMILES string of the molecule is CCOc1ccc(-n2nnc3c(=O)n(Cc4nc(-c5ccc(C)cc5)no4)cnc32)cc1. The minimum atomic E-state index is -0.345. The molecule has 0 bridgehead atoms. The fourth-order valence-electron chi connectivity index (χ4n) is 3.27. The molecular weight excluding hydrogens is 410 g/mol. The van der Waals surface area contributed by atoms with Crippen molar-refractivity contribution in [3.63, 3.8) is 0 Å². The fraction of sp³-hybridized carbons (Fsp3) is 0.182. The van der Waals surface area contributed by atoms with E-state index < -0.39 is 0 Å². The molecule has 2 aromatic carbocycles. The van der Waals surface area contributed by atoms with Crippen LogP contribution in [0.5, 0.6) is 5.75 Å². The first-order valence-electron chi connectivity index (χ1n) is 10.1. The molecule has 5 rings (SSSR count). The summed E-state index contributed by atoms with van der Waals surface area (Å²) < 4.78 is 13.7. The average Bonchev–Trinajstić information content (AvgIpc) is 3.45. The molecule has 10 heteroatoms. The van der Waals surface area contributed by atoms with Crippen LogP contribution < -0.4 is 10.3 Å². The molecular formula is C22H19N7O3. The van der Waals surface area contributed by atoms with Gasteiger partial charge in [-0.25, -0.2) is 4.98 Å². The molecule has 0 amide bonds. The van der Waals surface area contributed by atoms with Crippen LogP contribution in [-0.4, -0.2) is 41.3 Å².